The highest BCUT2D eigenvalue weighted by Gasteiger charge is 2.39. The van der Waals surface area contributed by atoms with Gasteiger partial charge in [0, 0.05) is 0 Å². The first-order valence-corrected chi connectivity index (χ1v) is 5.04. The zero-order chi connectivity index (χ0) is 9.73. The molecule has 0 saturated heterocycles. The van der Waals surface area contributed by atoms with Crippen LogP contribution >= 0.6 is 0 Å². The number of hydrogen-bond donors (Lipinski definition) is 1. The molecule has 2 N–H and O–H groups in total. The van der Waals surface area contributed by atoms with Crippen LogP contribution in [-0.2, 0) is 9.53 Å². The van der Waals surface area contributed by atoms with Crippen molar-refractivity contribution in [3.8, 4) is 0 Å². The Balaban J connectivity index is 2.66. The molecule has 1 fully saturated rings. The van der Waals surface area contributed by atoms with Crippen LogP contribution in [0.3, 0.4) is 0 Å². The molecule has 1 aliphatic rings. The summed E-state index contributed by atoms with van der Waals surface area (Å²) in [7, 11) is 1.47. The number of carbonyl (C=O) groups is 1. The summed E-state index contributed by atoms with van der Waals surface area (Å²) in [6.45, 7) is 0.578. The lowest BCUT2D eigenvalue weighted by atomic mass is 9.72. The third-order valence-corrected chi connectivity index (χ3v) is 3.05. The molecule has 0 aliphatic heterocycles. The van der Waals surface area contributed by atoms with Gasteiger partial charge in [-0.2, -0.15) is 0 Å². The first-order valence-electron chi connectivity index (χ1n) is 5.04. The molecule has 0 radical (unpaired) electrons. The Bertz CT molecular complexity index is 168. The predicted octanol–water partition coefficient (Wildman–Crippen LogP) is 1.46. The third-order valence-electron chi connectivity index (χ3n) is 3.05. The number of rotatable bonds is 3. The van der Waals surface area contributed by atoms with Crippen molar-refractivity contribution in [2.24, 2.45) is 11.1 Å². The second-order valence-corrected chi connectivity index (χ2v) is 3.87. The van der Waals surface area contributed by atoms with Gasteiger partial charge < -0.3 is 10.5 Å². The molecule has 0 aromatic carbocycles. The molecular weight excluding hydrogens is 166 g/mol. The van der Waals surface area contributed by atoms with Gasteiger partial charge in [0.25, 0.3) is 0 Å². The molecule has 3 nitrogen and oxygen atoms in total. The second kappa shape index (κ2) is 4.61. The van der Waals surface area contributed by atoms with Crippen molar-refractivity contribution in [3.05, 3.63) is 0 Å². The van der Waals surface area contributed by atoms with E-state index in [2.05, 4.69) is 0 Å². The summed E-state index contributed by atoms with van der Waals surface area (Å²) in [5.41, 5.74) is 5.28. The summed E-state index contributed by atoms with van der Waals surface area (Å²) >= 11 is 0. The molecule has 0 atom stereocenters. The van der Waals surface area contributed by atoms with Gasteiger partial charge in [-0.25, -0.2) is 0 Å². The molecule has 3 heteroatoms. The molecule has 0 aromatic rings. The van der Waals surface area contributed by atoms with E-state index < -0.39 is 0 Å². The van der Waals surface area contributed by atoms with Crippen molar-refractivity contribution < 1.29 is 9.53 Å². The van der Waals surface area contributed by atoms with Crippen molar-refractivity contribution in [2.75, 3.05) is 13.7 Å². The van der Waals surface area contributed by atoms with Gasteiger partial charge in [0.05, 0.1) is 12.5 Å². The van der Waals surface area contributed by atoms with E-state index in [1.807, 2.05) is 0 Å². The summed E-state index contributed by atoms with van der Waals surface area (Å²) in [6.07, 6.45) is 6.20. The molecule has 0 amide bonds. The number of carbonyl (C=O) groups excluding carboxylic acids is 1. The van der Waals surface area contributed by atoms with Crippen molar-refractivity contribution in [1.82, 2.24) is 0 Å². The highest BCUT2D eigenvalue weighted by molar-refractivity contribution is 5.76. The first kappa shape index (κ1) is 10.5. The average molecular weight is 185 g/mol. The van der Waals surface area contributed by atoms with E-state index in [1.54, 1.807) is 0 Å². The van der Waals surface area contributed by atoms with Crippen LogP contribution < -0.4 is 5.73 Å². The van der Waals surface area contributed by atoms with Crippen LogP contribution in [0, 0.1) is 5.41 Å². The van der Waals surface area contributed by atoms with Crippen LogP contribution in [-0.4, -0.2) is 19.6 Å². The number of esters is 1. The van der Waals surface area contributed by atoms with Crippen LogP contribution in [0.1, 0.15) is 38.5 Å². The standard InChI is InChI=1S/C10H19NO2/c1-13-9(12)10(7-8-11)5-3-2-4-6-10/h2-8,11H2,1H3. The molecule has 0 unspecified atom stereocenters. The minimum atomic E-state index is -0.248. The molecule has 76 valence electrons. The minimum Gasteiger partial charge on any atom is -0.469 e. The molecule has 0 spiro atoms. The van der Waals surface area contributed by atoms with Crippen LogP contribution in [0.5, 0.6) is 0 Å². The van der Waals surface area contributed by atoms with Crippen LogP contribution in [0.15, 0.2) is 0 Å². The Hall–Kier alpha value is -0.570. The monoisotopic (exact) mass is 185 g/mol. The Morgan fingerprint density at radius 2 is 2.00 bits per heavy atom. The van der Waals surface area contributed by atoms with E-state index >= 15 is 0 Å². The molecule has 0 aromatic heterocycles. The molecule has 0 bridgehead atoms. The van der Waals surface area contributed by atoms with Gasteiger partial charge in [0.2, 0.25) is 0 Å². The summed E-state index contributed by atoms with van der Waals surface area (Å²) in [5, 5.41) is 0. The Kier molecular flexibility index (Phi) is 3.72. The fourth-order valence-corrected chi connectivity index (χ4v) is 2.28. The largest absolute Gasteiger partial charge is 0.469 e. The summed E-state index contributed by atoms with van der Waals surface area (Å²) in [5.74, 6) is -0.0577. The van der Waals surface area contributed by atoms with E-state index in [9.17, 15) is 4.79 Å². The highest BCUT2D eigenvalue weighted by Crippen LogP contribution is 2.39. The predicted molar refractivity (Wildman–Crippen MR) is 51.2 cm³/mol. The zero-order valence-corrected chi connectivity index (χ0v) is 8.34. The molecule has 1 rings (SSSR count). The van der Waals surface area contributed by atoms with Gasteiger partial charge in [-0.3, -0.25) is 4.79 Å². The van der Waals surface area contributed by atoms with Gasteiger partial charge >= 0.3 is 5.97 Å². The summed E-state index contributed by atoms with van der Waals surface area (Å²) < 4.78 is 4.85. The van der Waals surface area contributed by atoms with Gasteiger partial charge in [-0.05, 0) is 25.8 Å². The topological polar surface area (TPSA) is 52.3 Å². The lowest BCUT2D eigenvalue weighted by Crippen LogP contribution is -2.36. The maximum absolute atomic E-state index is 11.6. The Morgan fingerprint density at radius 3 is 2.46 bits per heavy atom. The van der Waals surface area contributed by atoms with Gasteiger partial charge in [-0.1, -0.05) is 19.3 Å². The summed E-state index contributed by atoms with van der Waals surface area (Å²) in [6, 6.07) is 0. The second-order valence-electron chi connectivity index (χ2n) is 3.87. The van der Waals surface area contributed by atoms with Crippen LogP contribution in [0.2, 0.25) is 0 Å². The molecule has 0 heterocycles. The van der Waals surface area contributed by atoms with E-state index in [-0.39, 0.29) is 11.4 Å². The quantitative estimate of drug-likeness (QED) is 0.677. The maximum atomic E-state index is 11.6. The number of methoxy groups -OCH3 is 1. The minimum absolute atomic E-state index is 0.0577. The number of hydrogen-bond acceptors (Lipinski definition) is 3. The van der Waals surface area contributed by atoms with E-state index in [4.69, 9.17) is 10.5 Å². The Morgan fingerprint density at radius 1 is 1.38 bits per heavy atom. The van der Waals surface area contributed by atoms with Gasteiger partial charge in [-0.15, -0.1) is 0 Å². The van der Waals surface area contributed by atoms with Gasteiger partial charge in [0.15, 0.2) is 0 Å². The maximum Gasteiger partial charge on any atom is 0.311 e. The lowest BCUT2D eigenvalue weighted by Gasteiger charge is -2.34. The fourth-order valence-electron chi connectivity index (χ4n) is 2.28. The van der Waals surface area contributed by atoms with E-state index in [1.165, 1.54) is 13.5 Å². The fraction of sp³-hybridized carbons (Fsp3) is 0.900. The van der Waals surface area contributed by atoms with Crippen LogP contribution in [0.4, 0.5) is 0 Å². The van der Waals surface area contributed by atoms with E-state index in [0.717, 1.165) is 32.1 Å². The van der Waals surface area contributed by atoms with Crippen LogP contribution in [0.25, 0.3) is 0 Å². The first-order chi connectivity index (χ1) is 6.25. The third kappa shape index (κ3) is 2.21. The normalized spacial score (nSPS) is 21.1. The zero-order valence-electron chi connectivity index (χ0n) is 8.34. The van der Waals surface area contributed by atoms with E-state index in [0.29, 0.717) is 6.54 Å². The number of nitrogens with two attached hydrogens (primary N) is 1. The molecule has 1 saturated carbocycles. The molecule has 1 aliphatic carbocycles. The molecular formula is C10H19NO2. The highest BCUT2D eigenvalue weighted by atomic mass is 16.5. The lowest BCUT2D eigenvalue weighted by molar-refractivity contribution is -0.155. The summed E-state index contributed by atoms with van der Waals surface area (Å²) in [4.78, 5) is 11.6. The van der Waals surface area contributed by atoms with Crippen molar-refractivity contribution in [2.45, 2.75) is 38.5 Å². The SMILES string of the molecule is COC(=O)C1(CCN)CCCCC1. The smallest absolute Gasteiger partial charge is 0.311 e. The molecule has 13 heavy (non-hydrogen) atoms. The average Bonchev–Trinajstić information content (AvgIpc) is 2.18. The van der Waals surface area contributed by atoms with Crippen molar-refractivity contribution in [1.29, 1.82) is 0 Å². The van der Waals surface area contributed by atoms with Crippen molar-refractivity contribution >= 4 is 5.97 Å². The van der Waals surface area contributed by atoms with Crippen molar-refractivity contribution in [3.63, 3.8) is 0 Å². The number of ether oxygens (including phenoxy) is 1. The Labute approximate surface area is 79.6 Å². The van der Waals surface area contributed by atoms with Gasteiger partial charge in [0.1, 0.15) is 0 Å².